The highest BCUT2D eigenvalue weighted by molar-refractivity contribution is 5.94. The van der Waals surface area contributed by atoms with Crippen LogP contribution >= 0.6 is 0 Å². The van der Waals surface area contributed by atoms with Gasteiger partial charge in [-0.05, 0) is 49.2 Å². The number of ether oxygens (including phenoxy) is 1. The predicted octanol–water partition coefficient (Wildman–Crippen LogP) is 3.67. The molecule has 0 aliphatic rings. The number of aromatic nitrogens is 1. The second-order valence-electron chi connectivity index (χ2n) is 5.40. The summed E-state index contributed by atoms with van der Waals surface area (Å²) in [6.07, 6.45) is 4.24. The van der Waals surface area contributed by atoms with E-state index in [1.807, 2.05) is 26.0 Å². The molecule has 5 heteroatoms. The first-order valence-electron chi connectivity index (χ1n) is 7.60. The van der Waals surface area contributed by atoms with Crippen LogP contribution in [0.5, 0.6) is 5.75 Å². The maximum atomic E-state index is 13.5. The topological polar surface area (TPSA) is 42.4 Å². The van der Waals surface area contributed by atoms with Crippen molar-refractivity contribution in [2.45, 2.75) is 32.9 Å². The molecule has 1 aromatic carbocycles. The molecule has 0 fully saturated rings. The number of methoxy groups -OCH3 is 1. The molecule has 1 unspecified atom stereocenters. The van der Waals surface area contributed by atoms with E-state index in [0.29, 0.717) is 12.1 Å². The van der Waals surface area contributed by atoms with E-state index in [-0.39, 0.29) is 17.7 Å². The van der Waals surface area contributed by atoms with E-state index < -0.39 is 5.82 Å². The van der Waals surface area contributed by atoms with Crippen LogP contribution in [0.1, 0.15) is 36.2 Å². The molecule has 1 atom stereocenters. The number of carbonyl (C=O) groups is 1. The van der Waals surface area contributed by atoms with Crippen molar-refractivity contribution in [1.29, 1.82) is 0 Å². The molecular weight excluding hydrogens is 295 g/mol. The fraction of sp³-hybridized carbons (Fsp3) is 0.333. The number of halogens is 1. The first-order valence-corrected chi connectivity index (χ1v) is 7.60. The summed E-state index contributed by atoms with van der Waals surface area (Å²) in [5.74, 6) is -0.549. The van der Waals surface area contributed by atoms with Gasteiger partial charge in [0.1, 0.15) is 0 Å². The quantitative estimate of drug-likeness (QED) is 0.816. The van der Waals surface area contributed by atoms with Crippen molar-refractivity contribution in [2.75, 3.05) is 7.11 Å². The molecule has 122 valence electrons. The van der Waals surface area contributed by atoms with Crippen LogP contribution in [0.25, 0.3) is 0 Å². The Morgan fingerprint density at radius 3 is 2.61 bits per heavy atom. The number of benzene rings is 1. The van der Waals surface area contributed by atoms with Crippen molar-refractivity contribution in [3.63, 3.8) is 0 Å². The number of carbonyl (C=O) groups excluding carboxylic acids is 1. The largest absolute Gasteiger partial charge is 0.494 e. The molecule has 23 heavy (non-hydrogen) atoms. The highest BCUT2D eigenvalue weighted by atomic mass is 19.1. The molecule has 0 bridgehead atoms. The highest BCUT2D eigenvalue weighted by Crippen LogP contribution is 2.21. The molecule has 0 aliphatic heterocycles. The van der Waals surface area contributed by atoms with Crippen LogP contribution < -0.4 is 4.74 Å². The third-order valence-corrected chi connectivity index (χ3v) is 3.88. The van der Waals surface area contributed by atoms with Gasteiger partial charge in [0.15, 0.2) is 11.6 Å². The van der Waals surface area contributed by atoms with Gasteiger partial charge in [0.25, 0.3) is 5.91 Å². The molecule has 0 saturated carbocycles. The lowest BCUT2D eigenvalue weighted by atomic mass is 10.1. The van der Waals surface area contributed by atoms with Crippen LogP contribution in [-0.4, -0.2) is 28.9 Å². The van der Waals surface area contributed by atoms with Gasteiger partial charge in [-0.2, -0.15) is 0 Å². The SMILES string of the molecule is CCC(C)N(Cc1ccncc1)C(=O)c1ccc(F)c(OC)c1. The van der Waals surface area contributed by atoms with Gasteiger partial charge in [0, 0.05) is 30.5 Å². The van der Waals surface area contributed by atoms with Crippen molar-refractivity contribution in [2.24, 2.45) is 0 Å². The number of hydrogen-bond acceptors (Lipinski definition) is 3. The van der Waals surface area contributed by atoms with Crippen molar-refractivity contribution >= 4 is 5.91 Å². The monoisotopic (exact) mass is 316 g/mol. The number of hydrogen-bond donors (Lipinski definition) is 0. The summed E-state index contributed by atoms with van der Waals surface area (Å²) in [6, 6.07) is 8.02. The van der Waals surface area contributed by atoms with E-state index in [1.54, 1.807) is 17.3 Å². The van der Waals surface area contributed by atoms with Crippen LogP contribution in [0.15, 0.2) is 42.7 Å². The van der Waals surface area contributed by atoms with E-state index in [4.69, 9.17) is 4.74 Å². The smallest absolute Gasteiger partial charge is 0.254 e. The van der Waals surface area contributed by atoms with Crippen LogP contribution in [0.3, 0.4) is 0 Å². The molecular formula is C18H21FN2O2. The summed E-state index contributed by atoms with van der Waals surface area (Å²) < 4.78 is 18.5. The first-order chi connectivity index (χ1) is 11.1. The minimum absolute atomic E-state index is 0.0618. The van der Waals surface area contributed by atoms with E-state index in [2.05, 4.69) is 4.98 Å². The average Bonchev–Trinajstić information content (AvgIpc) is 2.59. The number of amides is 1. The second-order valence-corrected chi connectivity index (χ2v) is 5.40. The summed E-state index contributed by atoms with van der Waals surface area (Å²) in [6.45, 7) is 4.51. The van der Waals surface area contributed by atoms with Crippen LogP contribution in [0.2, 0.25) is 0 Å². The number of pyridine rings is 1. The lowest BCUT2D eigenvalue weighted by molar-refractivity contribution is 0.0671. The van der Waals surface area contributed by atoms with Gasteiger partial charge in [0.05, 0.1) is 7.11 Å². The Morgan fingerprint density at radius 2 is 2.00 bits per heavy atom. The number of rotatable bonds is 6. The Kier molecular flexibility index (Phi) is 5.68. The average molecular weight is 316 g/mol. The minimum Gasteiger partial charge on any atom is -0.494 e. The Hall–Kier alpha value is -2.43. The summed E-state index contributed by atoms with van der Waals surface area (Å²) >= 11 is 0. The molecule has 0 saturated heterocycles. The van der Waals surface area contributed by atoms with E-state index in [0.717, 1.165) is 12.0 Å². The maximum absolute atomic E-state index is 13.5. The molecule has 1 aromatic heterocycles. The zero-order valence-electron chi connectivity index (χ0n) is 13.6. The minimum atomic E-state index is -0.478. The normalized spacial score (nSPS) is 11.8. The van der Waals surface area contributed by atoms with Crippen molar-refractivity contribution in [1.82, 2.24) is 9.88 Å². The zero-order valence-corrected chi connectivity index (χ0v) is 13.6. The molecule has 4 nitrogen and oxygen atoms in total. The second kappa shape index (κ2) is 7.72. The van der Waals surface area contributed by atoms with Crippen LogP contribution in [0.4, 0.5) is 4.39 Å². The Morgan fingerprint density at radius 1 is 1.30 bits per heavy atom. The van der Waals surface area contributed by atoms with Gasteiger partial charge in [-0.1, -0.05) is 6.92 Å². The van der Waals surface area contributed by atoms with Gasteiger partial charge < -0.3 is 9.64 Å². The van der Waals surface area contributed by atoms with Crippen LogP contribution in [-0.2, 0) is 6.54 Å². The van der Waals surface area contributed by atoms with Crippen molar-refractivity contribution < 1.29 is 13.9 Å². The Balaban J connectivity index is 2.29. The molecule has 0 spiro atoms. The third-order valence-electron chi connectivity index (χ3n) is 3.88. The van der Waals surface area contributed by atoms with Crippen LogP contribution in [0, 0.1) is 5.82 Å². The lowest BCUT2D eigenvalue weighted by Crippen LogP contribution is -2.37. The Bertz CT molecular complexity index is 661. The summed E-state index contributed by atoms with van der Waals surface area (Å²) in [5, 5.41) is 0. The van der Waals surface area contributed by atoms with E-state index >= 15 is 0 Å². The molecule has 2 aromatic rings. The fourth-order valence-corrected chi connectivity index (χ4v) is 2.29. The molecule has 1 heterocycles. The molecule has 2 rings (SSSR count). The van der Waals surface area contributed by atoms with E-state index in [1.165, 1.54) is 25.3 Å². The highest BCUT2D eigenvalue weighted by Gasteiger charge is 2.22. The van der Waals surface area contributed by atoms with Crippen molar-refractivity contribution in [3.05, 3.63) is 59.7 Å². The van der Waals surface area contributed by atoms with Gasteiger partial charge in [-0.15, -0.1) is 0 Å². The maximum Gasteiger partial charge on any atom is 0.254 e. The predicted molar refractivity (Wildman–Crippen MR) is 86.8 cm³/mol. The summed E-state index contributed by atoms with van der Waals surface area (Å²) in [4.78, 5) is 18.6. The van der Waals surface area contributed by atoms with Crippen molar-refractivity contribution in [3.8, 4) is 5.75 Å². The van der Waals surface area contributed by atoms with Gasteiger partial charge in [-0.25, -0.2) is 4.39 Å². The molecule has 0 N–H and O–H groups in total. The van der Waals surface area contributed by atoms with E-state index in [9.17, 15) is 9.18 Å². The zero-order chi connectivity index (χ0) is 16.8. The third kappa shape index (κ3) is 4.06. The molecule has 1 amide bonds. The first kappa shape index (κ1) is 16.9. The van der Waals surface area contributed by atoms with Gasteiger partial charge >= 0.3 is 0 Å². The standard InChI is InChI=1S/C18H21FN2O2/c1-4-13(2)21(12-14-7-9-20-10-8-14)18(22)15-5-6-16(19)17(11-15)23-3/h5-11,13H,4,12H2,1-3H3. The Labute approximate surface area is 135 Å². The summed E-state index contributed by atoms with van der Waals surface area (Å²) in [5.41, 5.74) is 1.42. The number of nitrogens with zero attached hydrogens (tertiary/aromatic N) is 2. The van der Waals surface area contributed by atoms with Gasteiger partial charge in [0.2, 0.25) is 0 Å². The fourth-order valence-electron chi connectivity index (χ4n) is 2.29. The van der Waals surface area contributed by atoms with Gasteiger partial charge in [-0.3, -0.25) is 9.78 Å². The lowest BCUT2D eigenvalue weighted by Gasteiger charge is -2.29. The molecule has 0 aliphatic carbocycles. The summed E-state index contributed by atoms with van der Waals surface area (Å²) in [7, 11) is 1.38. The molecule has 0 radical (unpaired) electrons.